The summed E-state index contributed by atoms with van der Waals surface area (Å²) in [5.74, 6) is 0.0818. The third-order valence-corrected chi connectivity index (χ3v) is 7.14. The highest BCUT2D eigenvalue weighted by atomic mass is 16.2. The van der Waals surface area contributed by atoms with E-state index in [0.29, 0.717) is 6.54 Å². The summed E-state index contributed by atoms with van der Waals surface area (Å²) >= 11 is 0. The molecule has 3 aromatic carbocycles. The molecule has 180 valence electrons. The third kappa shape index (κ3) is 5.53. The number of aryl methyl sites for hydroxylation is 2. The standard InChI is InChI=1S/C30H34N4O/c1-23-13-14-24(2)27(19-23)29-20-28(26-11-7-4-8-12-26)31-34(29)30(35)22-33-17-15-32(16-18-33)21-25-9-5-3-6-10-25/h3-14,19,29H,15-18,20-22H2,1-2H3. The molecule has 1 atom stereocenters. The maximum Gasteiger partial charge on any atom is 0.257 e. The van der Waals surface area contributed by atoms with Crippen molar-refractivity contribution < 1.29 is 4.79 Å². The average molecular weight is 467 g/mol. The van der Waals surface area contributed by atoms with E-state index in [1.807, 2.05) is 18.2 Å². The van der Waals surface area contributed by atoms with E-state index in [9.17, 15) is 4.79 Å². The molecular weight excluding hydrogens is 432 g/mol. The van der Waals surface area contributed by atoms with Crippen LogP contribution in [0.1, 0.15) is 40.3 Å². The number of amides is 1. The molecule has 1 unspecified atom stereocenters. The fourth-order valence-corrected chi connectivity index (χ4v) is 5.12. The van der Waals surface area contributed by atoms with E-state index in [-0.39, 0.29) is 11.9 Å². The Labute approximate surface area is 208 Å². The van der Waals surface area contributed by atoms with Crippen LogP contribution in [0.15, 0.2) is 84.0 Å². The van der Waals surface area contributed by atoms with Crippen LogP contribution in [0.5, 0.6) is 0 Å². The number of hydrogen-bond donors (Lipinski definition) is 0. The van der Waals surface area contributed by atoms with Crippen LogP contribution in [0, 0.1) is 13.8 Å². The minimum Gasteiger partial charge on any atom is -0.297 e. The summed E-state index contributed by atoms with van der Waals surface area (Å²) in [4.78, 5) is 18.4. The second-order valence-corrected chi connectivity index (χ2v) is 9.77. The molecule has 1 saturated heterocycles. The molecule has 0 saturated carbocycles. The van der Waals surface area contributed by atoms with Crippen LogP contribution in [0.2, 0.25) is 0 Å². The van der Waals surface area contributed by atoms with Crippen molar-refractivity contribution in [1.29, 1.82) is 0 Å². The van der Waals surface area contributed by atoms with Gasteiger partial charge in [-0.2, -0.15) is 5.10 Å². The van der Waals surface area contributed by atoms with Gasteiger partial charge in [-0.15, -0.1) is 0 Å². The monoisotopic (exact) mass is 466 g/mol. The molecule has 0 aliphatic carbocycles. The number of hydrogen-bond acceptors (Lipinski definition) is 4. The van der Waals surface area contributed by atoms with Crippen LogP contribution in [0.4, 0.5) is 0 Å². The van der Waals surface area contributed by atoms with E-state index in [0.717, 1.165) is 50.4 Å². The highest BCUT2D eigenvalue weighted by molar-refractivity contribution is 6.03. The topological polar surface area (TPSA) is 39.2 Å². The van der Waals surface area contributed by atoms with E-state index < -0.39 is 0 Å². The van der Waals surface area contributed by atoms with Gasteiger partial charge in [0, 0.05) is 39.1 Å². The summed E-state index contributed by atoms with van der Waals surface area (Å²) in [7, 11) is 0. The summed E-state index contributed by atoms with van der Waals surface area (Å²) in [5.41, 5.74) is 7.03. The Morgan fingerprint density at radius 1 is 0.857 bits per heavy atom. The van der Waals surface area contributed by atoms with Gasteiger partial charge in [-0.05, 0) is 36.1 Å². The minimum atomic E-state index is -0.0584. The molecule has 0 radical (unpaired) electrons. The lowest BCUT2D eigenvalue weighted by Crippen LogP contribution is -2.49. The number of benzene rings is 3. The lowest BCUT2D eigenvalue weighted by molar-refractivity contribution is -0.134. The van der Waals surface area contributed by atoms with Crippen LogP contribution >= 0.6 is 0 Å². The Morgan fingerprint density at radius 2 is 1.51 bits per heavy atom. The van der Waals surface area contributed by atoms with Crippen molar-refractivity contribution in [1.82, 2.24) is 14.8 Å². The van der Waals surface area contributed by atoms with Crippen LogP contribution in [-0.4, -0.2) is 59.2 Å². The predicted molar refractivity (Wildman–Crippen MR) is 141 cm³/mol. The molecule has 5 nitrogen and oxygen atoms in total. The number of rotatable bonds is 6. The Morgan fingerprint density at radius 3 is 2.23 bits per heavy atom. The van der Waals surface area contributed by atoms with Crippen LogP contribution in [0.3, 0.4) is 0 Å². The zero-order valence-corrected chi connectivity index (χ0v) is 20.7. The number of carbonyl (C=O) groups is 1. The van der Waals surface area contributed by atoms with Crippen molar-refractivity contribution in [3.05, 3.63) is 107 Å². The van der Waals surface area contributed by atoms with Gasteiger partial charge in [0.2, 0.25) is 0 Å². The number of nitrogens with zero attached hydrogens (tertiary/aromatic N) is 4. The van der Waals surface area contributed by atoms with Crippen LogP contribution in [0.25, 0.3) is 0 Å². The lowest BCUT2D eigenvalue weighted by atomic mass is 9.94. The Balaban J connectivity index is 1.29. The van der Waals surface area contributed by atoms with Crippen LogP contribution < -0.4 is 0 Å². The SMILES string of the molecule is Cc1ccc(C)c(C2CC(c3ccccc3)=NN2C(=O)CN2CCN(Cc3ccccc3)CC2)c1. The molecule has 3 aromatic rings. The average Bonchev–Trinajstić information content (AvgIpc) is 3.33. The highest BCUT2D eigenvalue weighted by Gasteiger charge is 2.35. The molecule has 1 amide bonds. The number of piperazine rings is 1. The van der Waals surface area contributed by atoms with Crippen molar-refractivity contribution in [2.24, 2.45) is 5.10 Å². The maximum absolute atomic E-state index is 13.6. The van der Waals surface area contributed by atoms with Gasteiger partial charge >= 0.3 is 0 Å². The Kier molecular flexibility index (Phi) is 7.07. The van der Waals surface area contributed by atoms with Gasteiger partial charge in [-0.25, -0.2) is 5.01 Å². The Hall–Kier alpha value is -3.28. The number of carbonyl (C=O) groups excluding carboxylic acids is 1. The molecule has 0 N–H and O–H groups in total. The smallest absolute Gasteiger partial charge is 0.257 e. The molecule has 1 fully saturated rings. The van der Waals surface area contributed by atoms with Gasteiger partial charge in [0.15, 0.2) is 0 Å². The summed E-state index contributed by atoms with van der Waals surface area (Å²) in [6.45, 7) is 9.36. The molecule has 2 aliphatic rings. The lowest BCUT2D eigenvalue weighted by Gasteiger charge is -2.35. The predicted octanol–water partition coefficient (Wildman–Crippen LogP) is 4.80. The fourth-order valence-electron chi connectivity index (χ4n) is 5.12. The van der Waals surface area contributed by atoms with Gasteiger partial charge in [-0.3, -0.25) is 14.6 Å². The van der Waals surface area contributed by atoms with Crippen LogP contribution in [-0.2, 0) is 11.3 Å². The molecule has 35 heavy (non-hydrogen) atoms. The van der Waals surface area contributed by atoms with Gasteiger partial charge in [-0.1, -0.05) is 84.4 Å². The third-order valence-electron chi connectivity index (χ3n) is 7.14. The summed E-state index contributed by atoms with van der Waals surface area (Å²) in [6, 6.07) is 27.3. The van der Waals surface area contributed by atoms with Crippen molar-refractivity contribution in [2.75, 3.05) is 32.7 Å². The van der Waals surface area contributed by atoms with Gasteiger partial charge in [0.05, 0.1) is 18.3 Å². The first-order valence-corrected chi connectivity index (χ1v) is 12.6. The van der Waals surface area contributed by atoms with Crippen molar-refractivity contribution in [3.8, 4) is 0 Å². The molecule has 0 aromatic heterocycles. The van der Waals surface area contributed by atoms with E-state index in [1.54, 1.807) is 5.01 Å². The van der Waals surface area contributed by atoms with Gasteiger partial charge < -0.3 is 0 Å². The molecular formula is C30H34N4O. The fraction of sp³-hybridized carbons (Fsp3) is 0.333. The van der Waals surface area contributed by atoms with E-state index >= 15 is 0 Å². The maximum atomic E-state index is 13.6. The van der Waals surface area contributed by atoms with Gasteiger partial charge in [0.1, 0.15) is 0 Å². The quantitative estimate of drug-likeness (QED) is 0.524. The first-order valence-electron chi connectivity index (χ1n) is 12.6. The minimum absolute atomic E-state index is 0.0584. The number of hydrazone groups is 1. The zero-order chi connectivity index (χ0) is 24.2. The Bertz CT molecular complexity index is 1180. The van der Waals surface area contributed by atoms with Crippen molar-refractivity contribution >= 4 is 11.6 Å². The van der Waals surface area contributed by atoms with Crippen molar-refractivity contribution in [2.45, 2.75) is 32.9 Å². The summed E-state index contributed by atoms with van der Waals surface area (Å²) < 4.78 is 0. The van der Waals surface area contributed by atoms with Crippen molar-refractivity contribution in [3.63, 3.8) is 0 Å². The van der Waals surface area contributed by atoms with E-state index in [2.05, 4.69) is 84.3 Å². The molecule has 2 aliphatic heterocycles. The zero-order valence-electron chi connectivity index (χ0n) is 20.7. The molecule has 5 heteroatoms. The first-order chi connectivity index (χ1) is 17.1. The van der Waals surface area contributed by atoms with E-state index in [1.165, 1.54) is 22.3 Å². The molecule has 2 heterocycles. The van der Waals surface area contributed by atoms with E-state index in [4.69, 9.17) is 5.10 Å². The highest BCUT2D eigenvalue weighted by Crippen LogP contribution is 2.35. The summed E-state index contributed by atoms with van der Waals surface area (Å²) in [5, 5.41) is 6.65. The second-order valence-electron chi connectivity index (χ2n) is 9.77. The second kappa shape index (κ2) is 10.5. The molecule has 0 spiro atoms. The normalized spacial score (nSPS) is 19.1. The summed E-state index contributed by atoms with van der Waals surface area (Å²) in [6.07, 6.45) is 0.741. The largest absolute Gasteiger partial charge is 0.297 e. The molecule has 0 bridgehead atoms. The first kappa shape index (κ1) is 23.5. The molecule has 5 rings (SSSR count). The van der Waals surface area contributed by atoms with Gasteiger partial charge in [0.25, 0.3) is 5.91 Å².